The van der Waals surface area contributed by atoms with Gasteiger partial charge in [-0.3, -0.25) is 4.98 Å². The van der Waals surface area contributed by atoms with Crippen LogP contribution in [0.3, 0.4) is 0 Å². The Balaban J connectivity index is 1.68. The third kappa shape index (κ3) is 3.83. The lowest BCUT2D eigenvalue weighted by molar-refractivity contribution is 0.992. The van der Waals surface area contributed by atoms with Gasteiger partial charge in [0.05, 0.1) is 11.4 Å². The maximum atomic E-state index is 4.87. The first kappa shape index (κ1) is 22.1. The topological polar surface area (TPSA) is 38.7 Å². The van der Waals surface area contributed by atoms with E-state index in [-0.39, 0.29) is 0 Å². The van der Waals surface area contributed by atoms with Crippen LogP contribution in [-0.2, 0) is 0 Å². The fourth-order valence-electron chi connectivity index (χ4n) is 5.05. The monoisotopic (exact) mass is 465 g/mol. The van der Waals surface area contributed by atoms with Gasteiger partial charge >= 0.3 is 0 Å². The molecule has 3 heteroatoms. The molecule has 0 bridgehead atoms. The Morgan fingerprint density at radius 2 is 1.28 bits per heavy atom. The Morgan fingerprint density at radius 3 is 2.06 bits per heavy atom. The van der Waals surface area contributed by atoms with Crippen molar-refractivity contribution < 1.29 is 0 Å². The summed E-state index contributed by atoms with van der Waals surface area (Å²) in [6, 6.07) is 30.5. The second-order valence-electron chi connectivity index (χ2n) is 9.54. The van der Waals surface area contributed by atoms with Crippen molar-refractivity contribution in [1.29, 1.82) is 0 Å². The zero-order valence-corrected chi connectivity index (χ0v) is 21.0. The number of aromatic nitrogens is 3. The minimum absolute atomic E-state index is 0.782. The van der Waals surface area contributed by atoms with E-state index in [9.17, 15) is 0 Å². The summed E-state index contributed by atoms with van der Waals surface area (Å²) < 4.78 is 0. The molecule has 6 aromatic rings. The van der Waals surface area contributed by atoms with E-state index in [2.05, 4.69) is 111 Å². The standard InChI is InChI=1S/C33H27N3/c1-20-13-14-32(34-19-20)26-15-25(16-27(17-26)33-21(2)22(3)35-23(4)36-33)31-18-24-9-5-6-10-28(24)29-11-7-8-12-30(29)31/h5-19H,1-4H3. The fraction of sp³-hybridized carbons (Fsp3) is 0.121. The number of hydrogen-bond acceptors (Lipinski definition) is 3. The van der Waals surface area contributed by atoms with E-state index < -0.39 is 0 Å². The summed E-state index contributed by atoms with van der Waals surface area (Å²) in [5, 5.41) is 5.00. The molecule has 0 atom stereocenters. The predicted molar refractivity (Wildman–Crippen MR) is 150 cm³/mol. The molecule has 3 nitrogen and oxygen atoms in total. The molecule has 174 valence electrons. The zero-order valence-electron chi connectivity index (χ0n) is 21.0. The van der Waals surface area contributed by atoms with E-state index in [1.807, 2.05) is 13.1 Å². The Bertz CT molecular complexity index is 1770. The molecule has 2 heterocycles. The molecule has 0 aliphatic rings. The van der Waals surface area contributed by atoms with E-state index in [0.29, 0.717) is 0 Å². The highest BCUT2D eigenvalue weighted by Gasteiger charge is 2.15. The summed E-state index contributed by atoms with van der Waals surface area (Å²) in [7, 11) is 0. The van der Waals surface area contributed by atoms with Crippen LogP contribution in [0.5, 0.6) is 0 Å². The van der Waals surface area contributed by atoms with Crippen molar-refractivity contribution in [2.75, 3.05) is 0 Å². The van der Waals surface area contributed by atoms with Crippen molar-refractivity contribution in [3.63, 3.8) is 0 Å². The van der Waals surface area contributed by atoms with Crippen LogP contribution >= 0.6 is 0 Å². The first-order chi connectivity index (χ1) is 17.5. The molecule has 2 aromatic heterocycles. The number of rotatable bonds is 3. The van der Waals surface area contributed by atoms with Gasteiger partial charge in [0.2, 0.25) is 0 Å². The summed E-state index contributed by atoms with van der Waals surface area (Å²) in [5.74, 6) is 0.782. The Labute approximate surface area is 211 Å². The molecule has 0 N–H and O–H groups in total. The highest BCUT2D eigenvalue weighted by molar-refractivity contribution is 6.14. The average molecular weight is 466 g/mol. The lowest BCUT2D eigenvalue weighted by Gasteiger charge is -2.15. The summed E-state index contributed by atoms with van der Waals surface area (Å²) in [4.78, 5) is 14.2. The second-order valence-corrected chi connectivity index (χ2v) is 9.54. The molecule has 0 unspecified atom stereocenters. The van der Waals surface area contributed by atoms with Crippen LogP contribution in [0, 0.1) is 27.7 Å². The molecule has 0 saturated heterocycles. The first-order valence-corrected chi connectivity index (χ1v) is 12.3. The van der Waals surface area contributed by atoms with Crippen molar-refractivity contribution >= 4 is 21.5 Å². The second kappa shape index (κ2) is 8.69. The average Bonchev–Trinajstić information content (AvgIpc) is 2.90. The summed E-state index contributed by atoms with van der Waals surface area (Å²) >= 11 is 0. The van der Waals surface area contributed by atoms with Crippen LogP contribution in [-0.4, -0.2) is 15.0 Å². The Morgan fingerprint density at radius 1 is 0.583 bits per heavy atom. The maximum absolute atomic E-state index is 4.87. The van der Waals surface area contributed by atoms with Gasteiger partial charge in [0.25, 0.3) is 0 Å². The van der Waals surface area contributed by atoms with E-state index in [1.165, 1.54) is 27.1 Å². The van der Waals surface area contributed by atoms with Crippen molar-refractivity contribution in [2.45, 2.75) is 27.7 Å². The van der Waals surface area contributed by atoms with E-state index in [4.69, 9.17) is 9.97 Å². The minimum Gasteiger partial charge on any atom is -0.256 e. The van der Waals surface area contributed by atoms with Gasteiger partial charge in [0.15, 0.2) is 0 Å². The molecular formula is C33H27N3. The number of nitrogens with zero attached hydrogens (tertiary/aromatic N) is 3. The van der Waals surface area contributed by atoms with Crippen LogP contribution in [0.15, 0.2) is 91.1 Å². The number of fused-ring (bicyclic) bond motifs is 3. The SMILES string of the molecule is Cc1ccc(-c2cc(-c3nc(C)nc(C)c3C)cc(-c3cc4ccccc4c4ccccc34)c2)nc1. The maximum Gasteiger partial charge on any atom is 0.126 e. The lowest BCUT2D eigenvalue weighted by Crippen LogP contribution is -2.00. The summed E-state index contributed by atoms with van der Waals surface area (Å²) in [5.41, 5.74) is 9.70. The van der Waals surface area contributed by atoms with Crippen LogP contribution in [0.2, 0.25) is 0 Å². The molecule has 0 saturated carbocycles. The van der Waals surface area contributed by atoms with Gasteiger partial charge in [-0.05, 0) is 102 Å². The highest BCUT2D eigenvalue weighted by atomic mass is 14.9. The molecule has 0 aliphatic carbocycles. The highest BCUT2D eigenvalue weighted by Crippen LogP contribution is 2.39. The van der Waals surface area contributed by atoms with Gasteiger partial charge in [0.1, 0.15) is 5.82 Å². The quantitative estimate of drug-likeness (QED) is 0.246. The smallest absolute Gasteiger partial charge is 0.126 e. The molecule has 0 radical (unpaired) electrons. The molecule has 0 fully saturated rings. The van der Waals surface area contributed by atoms with Crippen molar-refractivity contribution in [2.24, 2.45) is 0 Å². The molecule has 0 spiro atoms. The molecule has 36 heavy (non-hydrogen) atoms. The van der Waals surface area contributed by atoms with Crippen molar-refractivity contribution in [3.8, 4) is 33.6 Å². The van der Waals surface area contributed by atoms with Crippen LogP contribution in [0.25, 0.3) is 55.2 Å². The first-order valence-electron chi connectivity index (χ1n) is 12.3. The molecule has 0 aliphatic heterocycles. The normalized spacial score (nSPS) is 11.3. The third-order valence-corrected chi connectivity index (χ3v) is 6.99. The van der Waals surface area contributed by atoms with E-state index in [0.717, 1.165) is 50.7 Å². The third-order valence-electron chi connectivity index (χ3n) is 6.99. The minimum atomic E-state index is 0.782. The van der Waals surface area contributed by atoms with Gasteiger partial charge in [-0.25, -0.2) is 9.97 Å². The van der Waals surface area contributed by atoms with Crippen LogP contribution < -0.4 is 0 Å². The molecular weight excluding hydrogens is 438 g/mol. The number of pyridine rings is 1. The molecule has 4 aromatic carbocycles. The fourth-order valence-corrected chi connectivity index (χ4v) is 5.05. The Hall–Kier alpha value is -4.37. The van der Waals surface area contributed by atoms with Crippen LogP contribution in [0.4, 0.5) is 0 Å². The van der Waals surface area contributed by atoms with E-state index in [1.54, 1.807) is 0 Å². The van der Waals surface area contributed by atoms with Crippen molar-refractivity contribution in [1.82, 2.24) is 15.0 Å². The van der Waals surface area contributed by atoms with Gasteiger partial charge in [0, 0.05) is 23.0 Å². The van der Waals surface area contributed by atoms with Gasteiger partial charge < -0.3 is 0 Å². The predicted octanol–water partition coefficient (Wildman–Crippen LogP) is 8.41. The number of benzene rings is 4. The summed E-state index contributed by atoms with van der Waals surface area (Å²) in [6.45, 7) is 8.18. The van der Waals surface area contributed by atoms with Gasteiger partial charge in [-0.2, -0.15) is 0 Å². The van der Waals surface area contributed by atoms with Crippen molar-refractivity contribution in [3.05, 3.63) is 114 Å². The summed E-state index contributed by atoms with van der Waals surface area (Å²) in [6.07, 6.45) is 1.93. The Kier molecular flexibility index (Phi) is 5.34. The van der Waals surface area contributed by atoms with E-state index >= 15 is 0 Å². The zero-order chi connectivity index (χ0) is 24.8. The number of aryl methyl sites for hydroxylation is 3. The molecule has 0 amide bonds. The largest absolute Gasteiger partial charge is 0.256 e. The van der Waals surface area contributed by atoms with Crippen LogP contribution in [0.1, 0.15) is 22.6 Å². The van der Waals surface area contributed by atoms with Gasteiger partial charge in [-0.15, -0.1) is 0 Å². The number of hydrogen-bond donors (Lipinski definition) is 0. The lowest BCUT2D eigenvalue weighted by atomic mass is 9.90. The molecule has 6 rings (SSSR count). The van der Waals surface area contributed by atoms with Gasteiger partial charge in [-0.1, -0.05) is 54.6 Å².